The largest absolute Gasteiger partial charge is 0.482 e. The van der Waals surface area contributed by atoms with E-state index in [-0.39, 0.29) is 21.2 Å². The number of anilines is 1. The number of nitrogens with one attached hydrogen (secondary N) is 1. The molecule has 2 aromatic rings. The number of hydrogen-bond donors (Lipinski definition) is 2. The molecular weight excluding hydrogens is 369 g/mol. The fourth-order valence-electron chi connectivity index (χ4n) is 1.63. The van der Waals surface area contributed by atoms with Gasteiger partial charge in [0.2, 0.25) is 10.0 Å². The van der Waals surface area contributed by atoms with Gasteiger partial charge in [-0.1, -0.05) is 12.1 Å². The number of ether oxygens (including phenoxy) is 1. The van der Waals surface area contributed by atoms with E-state index in [1.165, 1.54) is 29.6 Å². The molecule has 0 aliphatic carbocycles. The minimum atomic E-state index is -4.52. The summed E-state index contributed by atoms with van der Waals surface area (Å²) in [6.07, 6.45) is -4.52. The van der Waals surface area contributed by atoms with E-state index in [0.717, 1.165) is 17.4 Å². The summed E-state index contributed by atoms with van der Waals surface area (Å²) in [5.41, 5.74) is 0.0322. The Morgan fingerprint density at radius 3 is 2.54 bits per heavy atom. The van der Waals surface area contributed by atoms with Crippen molar-refractivity contribution in [2.24, 2.45) is 5.14 Å². The van der Waals surface area contributed by atoms with Gasteiger partial charge in [-0.2, -0.15) is 13.2 Å². The van der Waals surface area contributed by atoms with Crippen LogP contribution in [0.15, 0.2) is 39.9 Å². The summed E-state index contributed by atoms with van der Waals surface area (Å²) in [4.78, 5) is 12.1. The Morgan fingerprint density at radius 2 is 1.96 bits per heavy atom. The molecule has 0 fully saturated rings. The first-order valence-electron chi connectivity index (χ1n) is 6.27. The van der Waals surface area contributed by atoms with Crippen molar-refractivity contribution in [3.63, 3.8) is 0 Å². The maximum atomic E-state index is 12.2. The van der Waals surface area contributed by atoms with Crippen LogP contribution in [0.4, 0.5) is 18.9 Å². The topological polar surface area (TPSA) is 98.5 Å². The highest BCUT2D eigenvalue weighted by molar-refractivity contribution is 7.91. The number of amides is 1. The number of primary sulfonamides is 1. The van der Waals surface area contributed by atoms with Crippen molar-refractivity contribution in [3.8, 4) is 5.75 Å². The van der Waals surface area contributed by atoms with Crippen LogP contribution in [0.3, 0.4) is 0 Å². The second-order valence-electron chi connectivity index (χ2n) is 4.55. The van der Waals surface area contributed by atoms with Crippen LogP contribution >= 0.6 is 11.3 Å². The molecule has 1 heterocycles. The molecule has 130 valence electrons. The van der Waals surface area contributed by atoms with Crippen molar-refractivity contribution >= 4 is 33.0 Å². The predicted molar refractivity (Wildman–Crippen MR) is 81.6 cm³/mol. The molecule has 0 aliphatic heterocycles. The smallest absolute Gasteiger partial charge is 0.422 e. The average molecular weight is 380 g/mol. The SMILES string of the molecule is NS(=O)(=O)c1cc(C(=O)Nc2ccccc2OCC(F)(F)F)cs1. The summed E-state index contributed by atoms with van der Waals surface area (Å²) >= 11 is 0.759. The van der Waals surface area contributed by atoms with Crippen molar-refractivity contribution in [3.05, 3.63) is 41.3 Å². The number of alkyl halides is 3. The normalized spacial score (nSPS) is 12.0. The van der Waals surface area contributed by atoms with Gasteiger partial charge >= 0.3 is 6.18 Å². The van der Waals surface area contributed by atoms with Crippen molar-refractivity contribution in [2.75, 3.05) is 11.9 Å². The lowest BCUT2D eigenvalue weighted by Gasteiger charge is -2.13. The summed E-state index contributed by atoms with van der Waals surface area (Å²) in [7, 11) is -3.93. The molecule has 0 atom stereocenters. The van der Waals surface area contributed by atoms with Crippen molar-refractivity contribution in [2.45, 2.75) is 10.4 Å². The summed E-state index contributed by atoms with van der Waals surface area (Å²) < 4.78 is 63.5. The van der Waals surface area contributed by atoms with Gasteiger partial charge in [0.15, 0.2) is 6.61 Å². The molecule has 0 saturated heterocycles. The fraction of sp³-hybridized carbons (Fsp3) is 0.154. The Bertz CT molecular complexity index is 847. The number of para-hydroxylation sites is 2. The molecule has 0 unspecified atom stereocenters. The number of benzene rings is 1. The predicted octanol–water partition coefficient (Wildman–Crippen LogP) is 2.59. The Labute approximate surface area is 139 Å². The van der Waals surface area contributed by atoms with E-state index in [9.17, 15) is 26.4 Å². The molecule has 11 heteroatoms. The summed E-state index contributed by atoms with van der Waals surface area (Å²) in [5, 5.41) is 8.59. The van der Waals surface area contributed by atoms with Gasteiger partial charge in [0.05, 0.1) is 11.3 Å². The molecule has 3 N–H and O–H groups in total. The third-order valence-electron chi connectivity index (χ3n) is 2.64. The molecule has 6 nitrogen and oxygen atoms in total. The molecule has 2 rings (SSSR count). The molecule has 0 bridgehead atoms. The van der Waals surface area contributed by atoms with E-state index in [2.05, 4.69) is 10.1 Å². The number of halogens is 3. The van der Waals surface area contributed by atoms with E-state index in [0.29, 0.717) is 0 Å². The average Bonchev–Trinajstić information content (AvgIpc) is 2.95. The summed E-state index contributed by atoms with van der Waals surface area (Å²) in [6, 6.07) is 6.65. The van der Waals surface area contributed by atoms with Gasteiger partial charge in [-0.05, 0) is 18.2 Å². The molecule has 1 aromatic carbocycles. The lowest BCUT2D eigenvalue weighted by atomic mass is 10.2. The van der Waals surface area contributed by atoms with Crippen LogP contribution in [0.25, 0.3) is 0 Å². The minimum Gasteiger partial charge on any atom is -0.482 e. The van der Waals surface area contributed by atoms with E-state index >= 15 is 0 Å². The fourth-order valence-corrected chi connectivity index (χ4v) is 3.22. The zero-order chi connectivity index (χ0) is 18.0. The van der Waals surface area contributed by atoms with Gasteiger partial charge in [-0.15, -0.1) is 11.3 Å². The number of carbonyl (C=O) groups is 1. The van der Waals surface area contributed by atoms with Crippen molar-refractivity contribution in [1.82, 2.24) is 0 Å². The molecule has 1 aromatic heterocycles. The molecule has 0 spiro atoms. The molecule has 0 saturated carbocycles. The molecular formula is C13H11F3N2O4S2. The van der Waals surface area contributed by atoms with E-state index in [1.807, 2.05) is 0 Å². The van der Waals surface area contributed by atoms with Crippen LogP contribution in [-0.4, -0.2) is 27.1 Å². The number of thiophene rings is 1. The van der Waals surface area contributed by atoms with Crippen molar-refractivity contribution in [1.29, 1.82) is 0 Å². The molecule has 0 aliphatic rings. The van der Waals surface area contributed by atoms with Crippen LogP contribution in [0.2, 0.25) is 0 Å². The van der Waals surface area contributed by atoms with Crippen LogP contribution in [0.1, 0.15) is 10.4 Å². The van der Waals surface area contributed by atoms with Crippen LogP contribution in [-0.2, 0) is 10.0 Å². The molecule has 24 heavy (non-hydrogen) atoms. The first kappa shape index (κ1) is 18.2. The molecule has 0 radical (unpaired) electrons. The number of nitrogens with two attached hydrogens (primary N) is 1. The van der Waals surface area contributed by atoms with E-state index in [1.54, 1.807) is 0 Å². The Balaban J connectivity index is 2.16. The van der Waals surface area contributed by atoms with Crippen LogP contribution < -0.4 is 15.2 Å². The monoisotopic (exact) mass is 380 g/mol. The highest BCUT2D eigenvalue weighted by Crippen LogP contribution is 2.27. The van der Waals surface area contributed by atoms with Gasteiger partial charge in [-0.25, -0.2) is 13.6 Å². The Kier molecular flexibility index (Phi) is 5.16. The third-order valence-corrected chi connectivity index (χ3v) is 5.03. The Hall–Kier alpha value is -2.11. The number of sulfonamides is 1. The lowest BCUT2D eigenvalue weighted by molar-refractivity contribution is -0.153. The first-order chi connectivity index (χ1) is 11.1. The second-order valence-corrected chi connectivity index (χ2v) is 7.25. The first-order valence-corrected chi connectivity index (χ1v) is 8.70. The van der Waals surface area contributed by atoms with Crippen molar-refractivity contribution < 1.29 is 31.1 Å². The minimum absolute atomic E-state index is 0.00893. The van der Waals surface area contributed by atoms with E-state index < -0.39 is 28.7 Å². The van der Waals surface area contributed by atoms with Gasteiger partial charge < -0.3 is 10.1 Å². The highest BCUT2D eigenvalue weighted by Gasteiger charge is 2.29. The second kappa shape index (κ2) is 6.79. The highest BCUT2D eigenvalue weighted by atomic mass is 32.2. The van der Waals surface area contributed by atoms with Gasteiger partial charge in [0.1, 0.15) is 9.96 Å². The maximum Gasteiger partial charge on any atom is 0.422 e. The number of carbonyl (C=O) groups excluding carboxylic acids is 1. The lowest BCUT2D eigenvalue weighted by Crippen LogP contribution is -2.20. The maximum absolute atomic E-state index is 12.2. The molecule has 1 amide bonds. The van der Waals surface area contributed by atoms with Crippen LogP contribution in [0.5, 0.6) is 5.75 Å². The van der Waals surface area contributed by atoms with Gasteiger partial charge in [0, 0.05) is 5.38 Å². The van der Waals surface area contributed by atoms with E-state index in [4.69, 9.17) is 5.14 Å². The van der Waals surface area contributed by atoms with Gasteiger partial charge in [0.25, 0.3) is 5.91 Å². The Morgan fingerprint density at radius 1 is 1.29 bits per heavy atom. The van der Waals surface area contributed by atoms with Crippen LogP contribution in [0, 0.1) is 0 Å². The summed E-state index contributed by atoms with van der Waals surface area (Å²) in [5.74, 6) is -0.866. The zero-order valence-corrected chi connectivity index (χ0v) is 13.5. The number of rotatable bonds is 5. The third kappa shape index (κ3) is 4.94. The summed E-state index contributed by atoms with van der Waals surface area (Å²) in [6.45, 7) is -1.51. The number of hydrogen-bond acceptors (Lipinski definition) is 5. The quantitative estimate of drug-likeness (QED) is 0.833. The standard InChI is InChI=1S/C13H11F3N2O4S2/c14-13(15,16)7-22-10-4-2-1-3-9(10)18-12(19)8-5-11(23-6-8)24(17,20)21/h1-6H,7H2,(H,18,19)(H2,17,20,21). The zero-order valence-electron chi connectivity index (χ0n) is 11.8. The van der Waals surface area contributed by atoms with Gasteiger partial charge in [-0.3, -0.25) is 4.79 Å².